The monoisotopic (exact) mass is 385 g/mol. The van der Waals surface area contributed by atoms with Crippen molar-refractivity contribution in [2.75, 3.05) is 24.6 Å². The Bertz CT molecular complexity index is 828. The van der Waals surface area contributed by atoms with Crippen LogP contribution in [0.3, 0.4) is 0 Å². The Labute approximate surface area is 164 Å². The normalized spacial score (nSPS) is 27.0. The molecule has 0 aliphatic carbocycles. The van der Waals surface area contributed by atoms with Crippen LogP contribution >= 0.6 is 0 Å². The van der Waals surface area contributed by atoms with Gasteiger partial charge in [-0.15, -0.1) is 0 Å². The first-order chi connectivity index (χ1) is 13.4. The average Bonchev–Trinajstić information content (AvgIpc) is 3.19. The number of hydrogen-bond acceptors (Lipinski definition) is 6. The van der Waals surface area contributed by atoms with Crippen molar-refractivity contribution in [3.05, 3.63) is 42.1 Å². The highest BCUT2D eigenvalue weighted by molar-refractivity contribution is 5.92. The maximum Gasteiger partial charge on any atom is 0.268 e. The molecule has 8 nitrogen and oxygen atoms in total. The van der Waals surface area contributed by atoms with Crippen LogP contribution in [0.1, 0.15) is 42.5 Å². The highest BCUT2D eigenvalue weighted by Gasteiger charge is 2.49. The van der Waals surface area contributed by atoms with Crippen molar-refractivity contribution in [3.63, 3.8) is 0 Å². The third-order valence-corrected chi connectivity index (χ3v) is 5.89. The van der Waals surface area contributed by atoms with Gasteiger partial charge >= 0.3 is 0 Å². The zero-order chi connectivity index (χ0) is 19.8. The van der Waals surface area contributed by atoms with E-state index in [-0.39, 0.29) is 11.5 Å². The van der Waals surface area contributed by atoms with Crippen LogP contribution in [0.4, 0.5) is 5.82 Å². The molecular formula is C20H27N5O3. The van der Waals surface area contributed by atoms with Crippen molar-refractivity contribution in [1.82, 2.24) is 20.3 Å². The molecule has 4 heterocycles. The van der Waals surface area contributed by atoms with E-state index >= 15 is 0 Å². The number of aliphatic hydroxyl groups is 1. The van der Waals surface area contributed by atoms with E-state index in [1.165, 1.54) is 0 Å². The summed E-state index contributed by atoms with van der Waals surface area (Å²) in [4.78, 5) is 26.1. The standard InChI is InChI=1S/C20H27N5O3/c1-14-21-9-5-17(23-14)25-10-6-20(7-11-25)13-19(2,27)16(12-28-20)24-18(26)15-4-3-8-22-15/h3-5,8-9,16,22,27H,6-7,10-13H2,1-2H3,(H,24,26)/t16-,19-/m0/s1. The highest BCUT2D eigenvalue weighted by Crippen LogP contribution is 2.40. The summed E-state index contributed by atoms with van der Waals surface area (Å²) in [5.41, 5.74) is -0.922. The van der Waals surface area contributed by atoms with Gasteiger partial charge in [-0.05, 0) is 44.9 Å². The fourth-order valence-corrected chi connectivity index (χ4v) is 4.26. The SMILES string of the molecule is Cc1nccc(N2CCC3(CC2)C[C@](C)(O)[C@@H](NC(=O)c2ccc[nH]2)CO3)n1. The number of hydrogen-bond donors (Lipinski definition) is 3. The summed E-state index contributed by atoms with van der Waals surface area (Å²) in [7, 11) is 0. The quantitative estimate of drug-likeness (QED) is 0.738. The van der Waals surface area contributed by atoms with E-state index in [2.05, 4.69) is 25.2 Å². The number of carbonyl (C=O) groups is 1. The van der Waals surface area contributed by atoms with Crippen molar-refractivity contribution in [2.24, 2.45) is 0 Å². The molecular weight excluding hydrogens is 358 g/mol. The molecule has 8 heteroatoms. The number of ether oxygens (including phenoxy) is 1. The molecule has 2 fully saturated rings. The fourth-order valence-electron chi connectivity index (χ4n) is 4.26. The number of nitrogens with one attached hydrogen (secondary N) is 2. The molecule has 3 N–H and O–H groups in total. The Kier molecular flexibility index (Phi) is 4.84. The molecule has 2 aromatic heterocycles. The molecule has 0 aromatic carbocycles. The molecule has 0 bridgehead atoms. The summed E-state index contributed by atoms with van der Waals surface area (Å²) in [5.74, 6) is 1.46. The molecule has 0 saturated carbocycles. The molecule has 1 amide bonds. The van der Waals surface area contributed by atoms with Gasteiger partial charge in [0, 0.05) is 31.9 Å². The van der Waals surface area contributed by atoms with Crippen molar-refractivity contribution in [1.29, 1.82) is 0 Å². The molecule has 4 rings (SSSR count). The topological polar surface area (TPSA) is 103 Å². The summed E-state index contributed by atoms with van der Waals surface area (Å²) < 4.78 is 6.24. The average molecular weight is 385 g/mol. The summed E-state index contributed by atoms with van der Waals surface area (Å²) in [6, 6.07) is 4.96. The van der Waals surface area contributed by atoms with Gasteiger partial charge in [-0.25, -0.2) is 9.97 Å². The predicted octanol–water partition coefficient (Wildman–Crippen LogP) is 1.42. The number of amides is 1. The first kappa shape index (κ1) is 18.9. The second kappa shape index (κ2) is 7.18. The lowest BCUT2D eigenvalue weighted by Crippen LogP contribution is -2.64. The molecule has 2 aliphatic rings. The van der Waals surface area contributed by atoms with Crippen LogP contribution in [0.5, 0.6) is 0 Å². The van der Waals surface area contributed by atoms with Gasteiger partial charge in [0.25, 0.3) is 5.91 Å². The van der Waals surface area contributed by atoms with E-state index in [0.717, 1.165) is 37.6 Å². The predicted molar refractivity (Wildman–Crippen MR) is 104 cm³/mol. The lowest BCUT2D eigenvalue weighted by Gasteiger charge is -2.51. The number of anilines is 1. The molecule has 150 valence electrons. The van der Waals surface area contributed by atoms with Crippen LogP contribution in [0.25, 0.3) is 0 Å². The summed E-state index contributed by atoms with van der Waals surface area (Å²) in [6.07, 6.45) is 5.59. The molecule has 28 heavy (non-hydrogen) atoms. The third-order valence-electron chi connectivity index (χ3n) is 5.89. The van der Waals surface area contributed by atoms with E-state index in [1.807, 2.05) is 13.0 Å². The zero-order valence-electron chi connectivity index (χ0n) is 16.3. The Hall–Kier alpha value is -2.45. The van der Waals surface area contributed by atoms with Crippen LogP contribution in [0, 0.1) is 6.92 Å². The highest BCUT2D eigenvalue weighted by atomic mass is 16.5. The second-order valence-electron chi connectivity index (χ2n) is 8.09. The minimum Gasteiger partial charge on any atom is -0.388 e. The molecule has 0 unspecified atom stereocenters. The number of aromatic amines is 1. The number of aromatic nitrogens is 3. The smallest absolute Gasteiger partial charge is 0.268 e. The summed E-state index contributed by atoms with van der Waals surface area (Å²) in [5, 5.41) is 14.0. The summed E-state index contributed by atoms with van der Waals surface area (Å²) >= 11 is 0. The van der Waals surface area contributed by atoms with Gasteiger partial charge in [0.15, 0.2) is 0 Å². The van der Waals surface area contributed by atoms with Crippen LogP contribution in [0.15, 0.2) is 30.6 Å². The number of nitrogens with zero attached hydrogens (tertiary/aromatic N) is 3. The van der Waals surface area contributed by atoms with Crippen LogP contribution in [-0.2, 0) is 4.74 Å². The minimum atomic E-state index is -1.03. The Balaban J connectivity index is 1.38. The van der Waals surface area contributed by atoms with E-state index in [0.29, 0.717) is 18.7 Å². The zero-order valence-corrected chi connectivity index (χ0v) is 16.3. The fraction of sp³-hybridized carbons (Fsp3) is 0.550. The third kappa shape index (κ3) is 3.74. The van der Waals surface area contributed by atoms with Gasteiger partial charge in [0.05, 0.1) is 23.9 Å². The number of rotatable bonds is 3. The number of piperidine rings is 1. The second-order valence-corrected chi connectivity index (χ2v) is 8.09. The molecule has 1 spiro atoms. The van der Waals surface area contributed by atoms with Crippen molar-refractivity contribution < 1.29 is 14.6 Å². The molecule has 2 atom stereocenters. The van der Waals surface area contributed by atoms with Crippen LogP contribution in [-0.4, -0.2) is 62.9 Å². The van der Waals surface area contributed by atoms with Gasteiger partial charge < -0.3 is 25.0 Å². The van der Waals surface area contributed by atoms with Crippen molar-refractivity contribution in [2.45, 2.75) is 50.4 Å². The largest absolute Gasteiger partial charge is 0.388 e. The maximum absolute atomic E-state index is 12.3. The van der Waals surface area contributed by atoms with E-state index in [4.69, 9.17) is 4.74 Å². The van der Waals surface area contributed by atoms with E-state index < -0.39 is 11.6 Å². The lowest BCUT2D eigenvalue weighted by atomic mass is 9.75. The van der Waals surface area contributed by atoms with Gasteiger partial charge in [0.2, 0.25) is 0 Å². The van der Waals surface area contributed by atoms with Gasteiger partial charge in [-0.2, -0.15) is 0 Å². The van der Waals surface area contributed by atoms with Crippen molar-refractivity contribution >= 4 is 11.7 Å². The first-order valence-electron chi connectivity index (χ1n) is 9.72. The number of H-pyrrole nitrogens is 1. The summed E-state index contributed by atoms with van der Waals surface area (Å²) in [6.45, 7) is 5.60. The Morgan fingerprint density at radius 2 is 2.18 bits per heavy atom. The molecule has 2 saturated heterocycles. The maximum atomic E-state index is 12.3. The van der Waals surface area contributed by atoms with E-state index in [9.17, 15) is 9.90 Å². The number of aryl methyl sites for hydroxylation is 1. The van der Waals surface area contributed by atoms with E-state index in [1.54, 1.807) is 31.5 Å². The van der Waals surface area contributed by atoms with Crippen LogP contribution < -0.4 is 10.2 Å². The Morgan fingerprint density at radius 3 is 2.82 bits per heavy atom. The van der Waals surface area contributed by atoms with Gasteiger partial charge in [-0.1, -0.05) is 0 Å². The molecule has 2 aliphatic heterocycles. The lowest BCUT2D eigenvalue weighted by molar-refractivity contribution is -0.176. The van der Waals surface area contributed by atoms with Gasteiger partial charge in [0.1, 0.15) is 17.3 Å². The van der Waals surface area contributed by atoms with Gasteiger partial charge in [-0.3, -0.25) is 4.79 Å². The minimum absolute atomic E-state index is 0.233. The molecule has 0 radical (unpaired) electrons. The van der Waals surface area contributed by atoms with Crippen LogP contribution in [0.2, 0.25) is 0 Å². The molecule has 2 aromatic rings. The first-order valence-corrected chi connectivity index (χ1v) is 9.72. The number of carbonyl (C=O) groups excluding carboxylic acids is 1. The Morgan fingerprint density at radius 1 is 1.39 bits per heavy atom. The van der Waals surface area contributed by atoms with Crippen molar-refractivity contribution in [3.8, 4) is 0 Å².